The van der Waals surface area contributed by atoms with Gasteiger partial charge in [0.15, 0.2) is 0 Å². The highest BCUT2D eigenvalue weighted by Gasteiger charge is 2.03. The third-order valence-corrected chi connectivity index (χ3v) is 2.49. The Labute approximate surface area is 105 Å². The second-order valence-corrected chi connectivity index (χ2v) is 3.95. The van der Waals surface area contributed by atoms with E-state index in [1.165, 1.54) is 10.9 Å². The highest BCUT2D eigenvalue weighted by molar-refractivity contribution is 5.20. The minimum atomic E-state index is -0.333. The number of nitrogens with zero attached hydrogens (tertiary/aromatic N) is 3. The maximum atomic E-state index is 11.7. The molecule has 0 aliphatic rings. The van der Waals surface area contributed by atoms with E-state index in [9.17, 15) is 4.79 Å². The Kier molecular flexibility index (Phi) is 4.11. The molecule has 18 heavy (non-hydrogen) atoms. The van der Waals surface area contributed by atoms with E-state index >= 15 is 0 Å². The summed E-state index contributed by atoms with van der Waals surface area (Å²) in [5, 5.41) is 3.01. The number of hydrogen-bond donors (Lipinski definition) is 1. The quantitative estimate of drug-likeness (QED) is 0.784. The summed E-state index contributed by atoms with van der Waals surface area (Å²) in [6.07, 6.45) is 5.16. The van der Waals surface area contributed by atoms with Gasteiger partial charge in [0.2, 0.25) is 5.95 Å². The van der Waals surface area contributed by atoms with E-state index in [0.717, 1.165) is 19.4 Å². The van der Waals surface area contributed by atoms with Gasteiger partial charge in [-0.15, -0.1) is 0 Å². The molecule has 0 aliphatic heterocycles. The lowest BCUT2D eigenvalue weighted by Gasteiger charge is -2.05. The molecule has 0 spiro atoms. The molecule has 0 amide bonds. The number of anilines is 1. The number of unbranched alkanes of at least 4 members (excludes halogenated alkanes) is 1. The van der Waals surface area contributed by atoms with Crippen LogP contribution < -0.4 is 11.0 Å². The van der Waals surface area contributed by atoms with Crippen LogP contribution in [0.4, 0.5) is 5.95 Å². The fourth-order valence-electron chi connectivity index (χ4n) is 1.50. The first kappa shape index (κ1) is 12.3. The zero-order valence-electron chi connectivity index (χ0n) is 10.3. The Morgan fingerprint density at radius 1 is 1.50 bits per heavy atom. The van der Waals surface area contributed by atoms with Crippen molar-refractivity contribution in [2.45, 2.75) is 26.3 Å². The van der Waals surface area contributed by atoms with Crippen molar-refractivity contribution in [3.8, 4) is 0 Å². The number of rotatable bonds is 6. The SMILES string of the molecule is CCCCNc1ncn(Cc2ccco2)c(=O)n1. The van der Waals surface area contributed by atoms with Crippen molar-refractivity contribution in [2.75, 3.05) is 11.9 Å². The van der Waals surface area contributed by atoms with Crippen LogP contribution in [0, 0.1) is 0 Å². The first-order valence-corrected chi connectivity index (χ1v) is 5.99. The molecule has 2 heterocycles. The van der Waals surface area contributed by atoms with Crippen LogP contribution in [0.1, 0.15) is 25.5 Å². The topological polar surface area (TPSA) is 73.0 Å². The molecule has 0 atom stereocenters. The van der Waals surface area contributed by atoms with Gasteiger partial charge in [0.25, 0.3) is 0 Å². The molecule has 0 unspecified atom stereocenters. The molecule has 0 bridgehead atoms. The lowest BCUT2D eigenvalue weighted by molar-refractivity contribution is 0.485. The van der Waals surface area contributed by atoms with Crippen molar-refractivity contribution in [3.05, 3.63) is 41.0 Å². The van der Waals surface area contributed by atoms with E-state index in [0.29, 0.717) is 18.3 Å². The minimum Gasteiger partial charge on any atom is -0.467 e. The predicted octanol–water partition coefficient (Wildman–Crippen LogP) is 1.49. The van der Waals surface area contributed by atoms with Crippen LogP contribution in [0.15, 0.2) is 33.9 Å². The van der Waals surface area contributed by atoms with Crippen LogP contribution in [-0.2, 0) is 6.54 Å². The maximum Gasteiger partial charge on any atom is 0.352 e. The second kappa shape index (κ2) is 6.00. The average molecular weight is 248 g/mol. The van der Waals surface area contributed by atoms with Crippen LogP contribution in [0.2, 0.25) is 0 Å². The van der Waals surface area contributed by atoms with Crippen LogP contribution in [-0.4, -0.2) is 21.1 Å². The Balaban J connectivity index is 2.03. The van der Waals surface area contributed by atoms with E-state index in [-0.39, 0.29) is 5.69 Å². The van der Waals surface area contributed by atoms with Gasteiger partial charge in [-0.05, 0) is 18.6 Å². The van der Waals surface area contributed by atoms with Gasteiger partial charge in [-0.2, -0.15) is 4.98 Å². The van der Waals surface area contributed by atoms with Gasteiger partial charge < -0.3 is 9.73 Å². The van der Waals surface area contributed by atoms with Gasteiger partial charge in [0.1, 0.15) is 12.1 Å². The molecule has 2 aromatic heterocycles. The van der Waals surface area contributed by atoms with Crippen LogP contribution >= 0.6 is 0 Å². The molecule has 0 aliphatic carbocycles. The van der Waals surface area contributed by atoms with Gasteiger partial charge in [-0.3, -0.25) is 4.57 Å². The van der Waals surface area contributed by atoms with Crippen molar-refractivity contribution >= 4 is 5.95 Å². The molecule has 0 saturated heterocycles. The monoisotopic (exact) mass is 248 g/mol. The molecule has 0 aromatic carbocycles. The number of hydrogen-bond acceptors (Lipinski definition) is 5. The maximum absolute atomic E-state index is 11.7. The minimum absolute atomic E-state index is 0.333. The summed E-state index contributed by atoms with van der Waals surface area (Å²) in [6.45, 7) is 3.23. The van der Waals surface area contributed by atoms with Gasteiger partial charge in [0, 0.05) is 6.54 Å². The summed E-state index contributed by atoms with van der Waals surface area (Å²) < 4.78 is 6.58. The molecule has 0 radical (unpaired) electrons. The molecule has 2 rings (SSSR count). The summed E-state index contributed by atoms with van der Waals surface area (Å²) >= 11 is 0. The standard InChI is InChI=1S/C12H16N4O2/c1-2-3-6-13-11-14-9-16(12(17)15-11)8-10-5-4-7-18-10/h4-5,7,9H,2-3,6,8H2,1H3,(H,13,15,17). The molecular weight excluding hydrogens is 232 g/mol. The van der Waals surface area contributed by atoms with E-state index in [1.807, 2.05) is 0 Å². The zero-order valence-corrected chi connectivity index (χ0v) is 10.3. The molecule has 2 aromatic rings. The molecule has 0 saturated carbocycles. The number of aromatic nitrogens is 3. The molecule has 6 nitrogen and oxygen atoms in total. The summed E-state index contributed by atoms with van der Waals surface area (Å²) in [5.74, 6) is 1.08. The Morgan fingerprint density at radius 2 is 2.39 bits per heavy atom. The third-order valence-electron chi connectivity index (χ3n) is 2.49. The first-order valence-electron chi connectivity index (χ1n) is 5.99. The molecule has 6 heteroatoms. The fraction of sp³-hybridized carbons (Fsp3) is 0.417. The Morgan fingerprint density at radius 3 is 3.06 bits per heavy atom. The van der Waals surface area contributed by atoms with E-state index in [1.54, 1.807) is 18.4 Å². The van der Waals surface area contributed by atoms with Crippen LogP contribution in [0.5, 0.6) is 0 Å². The van der Waals surface area contributed by atoms with Crippen LogP contribution in [0.3, 0.4) is 0 Å². The van der Waals surface area contributed by atoms with Crippen molar-refractivity contribution in [1.29, 1.82) is 0 Å². The van der Waals surface area contributed by atoms with Crippen molar-refractivity contribution < 1.29 is 4.42 Å². The highest BCUT2D eigenvalue weighted by atomic mass is 16.3. The predicted molar refractivity (Wildman–Crippen MR) is 67.5 cm³/mol. The van der Waals surface area contributed by atoms with Gasteiger partial charge >= 0.3 is 5.69 Å². The van der Waals surface area contributed by atoms with Gasteiger partial charge in [-0.1, -0.05) is 13.3 Å². The second-order valence-electron chi connectivity index (χ2n) is 3.95. The highest BCUT2D eigenvalue weighted by Crippen LogP contribution is 2.01. The largest absolute Gasteiger partial charge is 0.467 e. The van der Waals surface area contributed by atoms with Crippen molar-refractivity contribution in [2.24, 2.45) is 0 Å². The van der Waals surface area contributed by atoms with E-state index in [4.69, 9.17) is 4.42 Å². The third kappa shape index (κ3) is 3.19. The number of furan rings is 1. The fourth-order valence-corrected chi connectivity index (χ4v) is 1.50. The smallest absolute Gasteiger partial charge is 0.352 e. The van der Waals surface area contributed by atoms with Crippen molar-refractivity contribution in [3.63, 3.8) is 0 Å². The normalized spacial score (nSPS) is 10.5. The van der Waals surface area contributed by atoms with Crippen molar-refractivity contribution in [1.82, 2.24) is 14.5 Å². The summed E-state index contributed by atoms with van der Waals surface area (Å²) in [6, 6.07) is 3.59. The summed E-state index contributed by atoms with van der Waals surface area (Å²) in [4.78, 5) is 19.7. The Hall–Kier alpha value is -2.11. The number of nitrogens with one attached hydrogen (secondary N) is 1. The van der Waals surface area contributed by atoms with Crippen LogP contribution in [0.25, 0.3) is 0 Å². The molecule has 96 valence electrons. The average Bonchev–Trinajstić information content (AvgIpc) is 2.86. The molecule has 1 N–H and O–H groups in total. The Bertz CT molecular complexity index is 533. The molecule has 0 fully saturated rings. The van der Waals surface area contributed by atoms with Gasteiger partial charge in [0.05, 0.1) is 12.8 Å². The zero-order chi connectivity index (χ0) is 12.8. The van der Waals surface area contributed by atoms with E-state index < -0.39 is 0 Å². The molecular formula is C12H16N4O2. The lowest BCUT2D eigenvalue weighted by Crippen LogP contribution is -2.25. The van der Waals surface area contributed by atoms with Gasteiger partial charge in [-0.25, -0.2) is 9.78 Å². The van der Waals surface area contributed by atoms with E-state index in [2.05, 4.69) is 22.2 Å². The lowest BCUT2D eigenvalue weighted by atomic mass is 10.3. The first-order chi connectivity index (χ1) is 8.79. The summed E-state index contributed by atoms with van der Waals surface area (Å²) in [5.41, 5.74) is -0.333. The summed E-state index contributed by atoms with van der Waals surface area (Å²) in [7, 11) is 0.